The smallest absolute Gasteiger partial charge is 0.132 e. The van der Waals surface area contributed by atoms with E-state index in [9.17, 15) is 0 Å². The zero-order valence-corrected chi connectivity index (χ0v) is 12.8. The van der Waals surface area contributed by atoms with E-state index in [4.69, 9.17) is 10.7 Å². The van der Waals surface area contributed by atoms with Crippen LogP contribution >= 0.6 is 0 Å². The molecule has 5 nitrogen and oxygen atoms in total. The van der Waals surface area contributed by atoms with Gasteiger partial charge in [0, 0.05) is 30.8 Å². The maximum atomic E-state index is 6.49. The normalized spacial score (nSPS) is 19.5. The van der Waals surface area contributed by atoms with Crippen molar-refractivity contribution in [1.82, 2.24) is 19.3 Å². The highest BCUT2D eigenvalue weighted by atomic mass is 15.3. The van der Waals surface area contributed by atoms with Crippen molar-refractivity contribution < 1.29 is 0 Å². The summed E-state index contributed by atoms with van der Waals surface area (Å²) in [6.45, 7) is 2.03. The van der Waals surface area contributed by atoms with Gasteiger partial charge in [-0.2, -0.15) is 5.10 Å². The summed E-state index contributed by atoms with van der Waals surface area (Å²) < 4.78 is 4.17. The van der Waals surface area contributed by atoms with Gasteiger partial charge in [-0.05, 0) is 32.6 Å². The first-order chi connectivity index (χ1) is 10.1. The maximum Gasteiger partial charge on any atom is 0.132 e. The minimum Gasteiger partial charge on any atom is -0.383 e. The lowest BCUT2D eigenvalue weighted by molar-refractivity contribution is 0.596. The van der Waals surface area contributed by atoms with Gasteiger partial charge in [-0.15, -0.1) is 0 Å². The van der Waals surface area contributed by atoms with Gasteiger partial charge in [0.25, 0.3) is 0 Å². The fourth-order valence-electron chi connectivity index (χ4n) is 3.68. The molecular weight excluding hydrogens is 262 g/mol. The van der Waals surface area contributed by atoms with Gasteiger partial charge in [-0.25, -0.2) is 4.98 Å². The van der Waals surface area contributed by atoms with E-state index in [0.29, 0.717) is 12.0 Å². The van der Waals surface area contributed by atoms with Crippen molar-refractivity contribution in [1.29, 1.82) is 0 Å². The van der Waals surface area contributed by atoms with Crippen LogP contribution in [0.2, 0.25) is 0 Å². The summed E-state index contributed by atoms with van der Waals surface area (Å²) in [6.07, 6.45) is 9.68. The first kappa shape index (κ1) is 12.9. The highest BCUT2D eigenvalue weighted by Gasteiger charge is 2.34. The van der Waals surface area contributed by atoms with E-state index in [1.807, 2.05) is 24.9 Å². The molecule has 0 saturated heterocycles. The van der Waals surface area contributed by atoms with Gasteiger partial charge < -0.3 is 10.3 Å². The molecule has 0 radical (unpaired) electrons. The molecule has 2 heterocycles. The number of nitrogens with two attached hydrogens (primary N) is 1. The number of aromatic nitrogens is 4. The second-order valence-electron chi connectivity index (χ2n) is 6.59. The third-order valence-electron chi connectivity index (χ3n) is 4.88. The molecule has 0 unspecified atom stereocenters. The molecule has 2 aromatic heterocycles. The van der Waals surface area contributed by atoms with Crippen molar-refractivity contribution in [2.24, 2.45) is 7.05 Å². The molecule has 0 aliphatic heterocycles. The van der Waals surface area contributed by atoms with Gasteiger partial charge in [0.2, 0.25) is 0 Å². The van der Waals surface area contributed by atoms with E-state index >= 15 is 0 Å². The fourth-order valence-corrected chi connectivity index (χ4v) is 3.68. The van der Waals surface area contributed by atoms with Crippen molar-refractivity contribution in [3.63, 3.8) is 0 Å². The predicted molar refractivity (Wildman–Crippen MR) is 83.1 cm³/mol. The van der Waals surface area contributed by atoms with Crippen LogP contribution in [0.5, 0.6) is 0 Å². The summed E-state index contributed by atoms with van der Waals surface area (Å²) >= 11 is 0. The quantitative estimate of drug-likeness (QED) is 0.942. The van der Waals surface area contributed by atoms with Gasteiger partial charge in [-0.1, -0.05) is 12.8 Å². The predicted octanol–water partition coefficient (Wildman–Crippen LogP) is 3.17. The molecule has 21 heavy (non-hydrogen) atoms. The molecule has 0 amide bonds. The number of hydrogen-bond donors (Lipinski definition) is 1. The summed E-state index contributed by atoms with van der Waals surface area (Å²) in [5.74, 6) is 2.67. The molecule has 4 rings (SSSR count). The highest BCUT2D eigenvalue weighted by Crippen LogP contribution is 2.45. The average molecular weight is 285 g/mol. The highest BCUT2D eigenvalue weighted by molar-refractivity contribution is 5.72. The second kappa shape index (κ2) is 4.61. The van der Waals surface area contributed by atoms with E-state index < -0.39 is 0 Å². The molecule has 2 aliphatic carbocycles. The number of aryl methyl sites for hydroxylation is 2. The Bertz CT molecular complexity index is 671. The Morgan fingerprint density at radius 3 is 2.48 bits per heavy atom. The van der Waals surface area contributed by atoms with Crippen LogP contribution in [0, 0.1) is 6.92 Å². The molecule has 0 spiro atoms. The van der Waals surface area contributed by atoms with Gasteiger partial charge >= 0.3 is 0 Å². The lowest BCUT2D eigenvalue weighted by Crippen LogP contribution is -2.08. The molecule has 5 heteroatoms. The molecule has 2 N–H and O–H groups in total. The third-order valence-corrected chi connectivity index (χ3v) is 4.88. The molecule has 0 bridgehead atoms. The number of nitrogen functional groups attached to an aromatic ring is 1. The minimum atomic E-state index is 0.582. The number of nitrogens with zero attached hydrogens (tertiary/aromatic N) is 4. The van der Waals surface area contributed by atoms with E-state index in [1.165, 1.54) is 44.3 Å². The van der Waals surface area contributed by atoms with Crippen LogP contribution in [-0.4, -0.2) is 19.3 Å². The zero-order valence-electron chi connectivity index (χ0n) is 12.8. The minimum absolute atomic E-state index is 0.582. The van der Waals surface area contributed by atoms with Crippen molar-refractivity contribution >= 4 is 5.82 Å². The van der Waals surface area contributed by atoms with Crippen LogP contribution in [0.1, 0.15) is 62.0 Å². The second-order valence-corrected chi connectivity index (χ2v) is 6.59. The fraction of sp³-hybridized carbons (Fsp3) is 0.625. The van der Waals surface area contributed by atoms with Crippen LogP contribution in [0.4, 0.5) is 5.82 Å². The van der Waals surface area contributed by atoms with E-state index in [1.54, 1.807) is 0 Å². The lowest BCUT2D eigenvalue weighted by atomic mass is 10.1. The van der Waals surface area contributed by atoms with Gasteiger partial charge in [0.15, 0.2) is 0 Å². The standard InChI is InChI=1S/C16H23N5/c1-10-13(9-20(2)19-10)14-15(17)21(12-7-8-12)16(18-14)11-5-3-4-6-11/h9,11-12H,3-8,17H2,1-2H3. The molecule has 2 aliphatic rings. The average Bonchev–Trinajstić information content (AvgIpc) is 2.88. The monoisotopic (exact) mass is 285 g/mol. The van der Waals surface area contributed by atoms with E-state index in [2.05, 4.69) is 9.67 Å². The molecule has 2 saturated carbocycles. The van der Waals surface area contributed by atoms with Crippen LogP contribution in [0.3, 0.4) is 0 Å². The Hall–Kier alpha value is -1.78. The zero-order chi connectivity index (χ0) is 14.6. The van der Waals surface area contributed by atoms with E-state index in [-0.39, 0.29) is 0 Å². The lowest BCUT2D eigenvalue weighted by Gasteiger charge is -2.12. The van der Waals surface area contributed by atoms with Crippen LogP contribution in [0.15, 0.2) is 6.20 Å². The Balaban J connectivity index is 1.84. The summed E-state index contributed by atoms with van der Waals surface area (Å²) in [6, 6.07) is 0.582. The van der Waals surface area contributed by atoms with Crippen molar-refractivity contribution in [2.45, 2.75) is 57.4 Å². The van der Waals surface area contributed by atoms with Gasteiger partial charge in [0.05, 0.1) is 5.69 Å². The number of rotatable bonds is 3. The first-order valence-electron chi connectivity index (χ1n) is 8.03. The number of anilines is 1. The SMILES string of the molecule is Cc1nn(C)cc1-c1nc(C2CCCC2)n(C2CC2)c1N. The molecule has 2 aromatic rings. The van der Waals surface area contributed by atoms with Gasteiger partial charge in [-0.3, -0.25) is 4.68 Å². The first-order valence-corrected chi connectivity index (χ1v) is 8.03. The topological polar surface area (TPSA) is 61.7 Å². The summed E-state index contributed by atoms with van der Waals surface area (Å²) in [5.41, 5.74) is 9.51. The van der Waals surface area contributed by atoms with Crippen LogP contribution < -0.4 is 5.73 Å². The summed E-state index contributed by atoms with van der Waals surface area (Å²) in [4.78, 5) is 4.98. The maximum absolute atomic E-state index is 6.49. The van der Waals surface area contributed by atoms with E-state index in [0.717, 1.165) is 22.8 Å². The third kappa shape index (κ3) is 2.06. The molecule has 0 aromatic carbocycles. The van der Waals surface area contributed by atoms with Crippen molar-refractivity contribution in [3.8, 4) is 11.3 Å². The Labute approximate surface area is 125 Å². The molecule has 2 fully saturated rings. The largest absolute Gasteiger partial charge is 0.383 e. The van der Waals surface area contributed by atoms with Gasteiger partial charge in [0.1, 0.15) is 17.3 Å². The summed E-state index contributed by atoms with van der Waals surface area (Å²) in [7, 11) is 1.95. The van der Waals surface area contributed by atoms with Crippen molar-refractivity contribution in [3.05, 3.63) is 17.7 Å². The Morgan fingerprint density at radius 1 is 1.19 bits per heavy atom. The van der Waals surface area contributed by atoms with Crippen LogP contribution in [-0.2, 0) is 7.05 Å². The molecule has 0 atom stereocenters. The molecule has 112 valence electrons. The Kier molecular flexibility index (Phi) is 2.84. The number of hydrogen-bond acceptors (Lipinski definition) is 3. The molecular formula is C16H23N5. The summed E-state index contributed by atoms with van der Waals surface area (Å²) in [5, 5.41) is 4.44. The Morgan fingerprint density at radius 2 is 1.90 bits per heavy atom. The number of imidazole rings is 1. The van der Waals surface area contributed by atoms with Crippen molar-refractivity contribution in [2.75, 3.05) is 5.73 Å². The van der Waals surface area contributed by atoms with Crippen LogP contribution in [0.25, 0.3) is 11.3 Å².